The van der Waals surface area contributed by atoms with Crippen LogP contribution in [-0.4, -0.2) is 11.5 Å². The van der Waals surface area contributed by atoms with Crippen molar-refractivity contribution in [3.8, 4) is 0 Å². The van der Waals surface area contributed by atoms with Crippen molar-refractivity contribution in [2.45, 2.75) is 12.8 Å². The van der Waals surface area contributed by atoms with Crippen LogP contribution in [0.1, 0.15) is 12.8 Å². The Labute approximate surface area is 79.3 Å². The highest BCUT2D eigenvalue weighted by molar-refractivity contribution is 9.26. The average Bonchev–Trinajstić information content (AvgIpc) is 1.97. The van der Waals surface area contributed by atoms with E-state index in [9.17, 15) is 0 Å². The number of hydrogen-bond donors (Lipinski definition) is 0. The molecule has 0 N–H and O–H groups in total. The molecule has 0 bridgehead atoms. The predicted octanol–water partition coefficient (Wildman–Crippen LogP) is 4.11. The van der Waals surface area contributed by atoms with Crippen LogP contribution in [0.15, 0.2) is 0 Å². The van der Waals surface area contributed by atoms with Gasteiger partial charge in [-0.3, -0.25) is 0 Å². The van der Waals surface area contributed by atoms with Gasteiger partial charge in [-0.15, -0.1) is 0 Å². The minimum Gasteiger partial charge on any atom is -0.0817 e. The summed E-state index contributed by atoms with van der Waals surface area (Å²) in [5.41, 5.74) is 0. The summed E-state index contributed by atoms with van der Waals surface area (Å²) in [6.45, 7) is 7.52. The van der Waals surface area contributed by atoms with Crippen molar-refractivity contribution in [3.05, 3.63) is 13.8 Å². The van der Waals surface area contributed by atoms with E-state index < -0.39 is 0 Å². The second-order valence-electron chi connectivity index (χ2n) is 1.49. The first-order chi connectivity index (χ1) is 4.91. The molecule has 0 atom stereocenters. The van der Waals surface area contributed by atoms with Gasteiger partial charge in [0.1, 0.15) is 0 Å². The van der Waals surface area contributed by atoms with E-state index in [1.165, 1.54) is 0 Å². The molecule has 0 heterocycles. The molecule has 0 saturated heterocycles. The van der Waals surface area contributed by atoms with Crippen LogP contribution in [0.4, 0.5) is 0 Å². The van der Waals surface area contributed by atoms with Gasteiger partial charge >= 0.3 is 0 Å². The summed E-state index contributed by atoms with van der Waals surface area (Å²) in [4.78, 5) is 0. The second-order valence-corrected chi connectivity index (χ2v) is 7.73. The largest absolute Gasteiger partial charge is 0.0817 e. The van der Waals surface area contributed by atoms with E-state index in [4.69, 9.17) is 0 Å². The normalized spacial score (nSPS) is 10.2. The van der Waals surface area contributed by atoms with Crippen molar-refractivity contribution >= 4 is 41.2 Å². The van der Waals surface area contributed by atoms with Crippen LogP contribution in [0, 0.1) is 13.8 Å². The summed E-state index contributed by atoms with van der Waals surface area (Å²) in [7, 11) is 7.45. The van der Waals surface area contributed by atoms with Gasteiger partial charge in [-0.2, -0.15) is 0 Å². The van der Waals surface area contributed by atoms with Crippen LogP contribution in [0.25, 0.3) is 0 Å². The van der Waals surface area contributed by atoms with Crippen LogP contribution >= 0.6 is 41.2 Å². The first-order valence-electron chi connectivity index (χ1n) is 3.08. The molecule has 0 rings (SSSR count). The lowest BCUT2D eigenvalue weighted by Crippen LogP contribution is -1.66. The van der Waals surface area contributed by atoms with E-state index in [2.05, 4.69) is 13.8 Å². The summed E-state index contributed by atoms with van der Waals surface area (Å²) >= 11 is 0. The van der Waals surface area contributed by atoms with E-state index in [0.717, 1.165) is 24.3 Å². The highest BCUT2D eigenvalue weighted by atomic mass is 33.7. The van der Waals surface area contributed by atoms with Gasteiger partial charge in [-0.05, 0) is 32.5 Å². The quantitative estimate of drug-likeness (QED) is 0.460. The Morgan fingerprint density at radius 1 is 0.800 bits per heavy atom. The maximum atomic E-state index is 3.76. The van der Waals surface area contributed by atoms with Crippen molar-refractivity contribution in [2.75, 3.05) is 11.5 Å². The average molecular weight is 212 g/mol. The highest BCUT2D eigenvalue weighted by Gasteiger charge is 1.89. The Morgan fingerprint density at radius 2 is 1.20 bits per heavy atom. The fourth-order valence-electron chi connectivity index (χ4n) is 0.225. The van der Waals surface area contributed by atoms with Gasteiger partial charge in [0.25, 0.3) is 0 Å². The Bertz CT molecular complexity index is 49.7. The molecular formula is C6H12S4. The van der Waals surface area contributed by atoms with Gasteiger partial charge in [0.2, 0.25) is 0 Å². The molecule has 0 aliphatic rings. The van der Waals surface area contributed by atoms with Crippen LogP contribution in [0.3, 0.4) is 0 Å². The van der Waals surface area contributed by atoms with Crippen molar-refractivity contribution < 1.29 is 0 Å². The first-order valence-corrected chi connectivity index (χ1v) is 8.23. The summed E-state index contributed by atoms with van der Waals surface area (Å²) in [5.74, 6) is 2.31. The zero-order chi connectivity index (χ0) is 7.66. The third kappa shape index (κ3) is 9.40. The molecule has 0 aromatic heterocycles. The maximum absolute atomic E-state index is 3.76. The van der Waals surface area contributed by atoms with Gasteiger partial charge in [-0.1, -0.05) is 35.4 Å². The summed E-state index contributed by atoms with van der Waals surface area (Å²) in [6, 6.07) is 0. The molecular weight excluding hydrogens is 200 g/mol. The van der Waals surface area contributed by atoms with Crippen molar-refractivity contribution in [3.63, 3.8) is 0 Å². The smallest absolute Gasteiger partial charge is 0.00454 e. The first kappa shape index (κ1) is 11.4. The predicted molar refractivity (Wildman–Crippen MR) is 60.0 cm³/mol. The zero-order valence-electron chi connectivity index (χ0n) is 5.88. The third-order valence-corrected chi connectivity index (χ3v) is 7.21. The lowest BCUT2D eigenvalue weighted by Gasteiger charge is -1.95. The van der Waals surface area contributed by atoms with Gasteiger partial charge in [0.05, 0.1) is 0 Å². The molecule has 10 heavy (non-hydrogen) atoms. The lowest BCUT2D eigenvalue weighted by atomic mass is 10.6. The maximum Gasteiger partial charge on any atom is 0.00454 e. The molecule has 0 nitrogen and oxygen atoms in total. The monoisotopic (exact) mass is 212 g/mol. The molecule has 0 saturated carbocycles. The Morgan fingerprint density at radius 3 is 1.50 bits per heavy atom. The fraction of sp³-hybridized carbons (Fsp3) is 0.667. The molecule has 0 aromatic rings. The van der Waals surface area contributed by atoms with Gasteiger partial charge < -0.3 is 0 Å². The molecule has 0 aliphatic heterocycles. The fourth-order valence-corrected chi connectivity index (χ4v) is 6.08. The standard InChI is InChI=1S/C6H12S4/c1-3-5-7-9-10-8-6-4-2/h1-6H2. The van der Waals surface area contributed by atoms with E-state index in [1.54, 1.807) is 0 Å². The van der Waals surface area contributed by atoms with E-state index in [-0.39, 0.29) is 0 Å². The molecule has 0 aliphatic carbocycles. The molecule has 0 amide bonds. The van der Waals surface area contributed by atoms with E-state index in [1.807, 2.05) is 41.2 Å². The minimum atomic E-state index is 1.03. The number of rotatable bonds is 7. The Hall–Kier alpha value is 1.40. The number of hydrogen-bond acceptors (Lipinski definition) is 4. The molecule has 0 fully saturated rings. The van der Waals surface area contributed by atoms with Crippen LogP contribution in [0.2, 0.25) is 0 Å². The molecule has 0 spiro atoms. The Kier molecular flexibility index (Phi) is 11.9. The highest BCUT2D eigenvalue weighted by Crippen LogP contribution is 2.43. The van der Waals surface area contributed by atoms with Gasteiger partial charge in [0, 0.05) is 11.5 Å². The second kappa shape index (κ2) is 10.4. The molecule has 60 valence electrons. The molecule has 4 heteroatoms. The van der Waals surface area contributed by atoms with Crippen molar-refractivity contribution in [1.29, 1.82) is 0 Å². The lowest BCUT2D eigenvalue weighted by molar-refractivity contribution is 1.25. The summed E-state index contributed by atoms with van der Waals surface area (Å²) in [6.07, 6.45) is 2.05. The van der Waals surface area contributed by atoms with E-state index in [0.29, 0.717) is 0 Å². The zero-order valence-corrected chi connectivity index (χ0v) is 9.14. The van der Waals surface area contributed by atoms with Crippen molar-refractivity contribution in [1.82, 2.24) is 0 Å². The van der Waals surface area contributed by atoms with Crippen LogP contribution < -0.4 is 0 Å². The molecule has 0 aromatic carbocycles. The molecule has 0 unspecified atom stereocenters. The van der Waals surface area contributed by atoms with E-state index >= 15 is 0 Å². The summed E-state index contributed by atoms with van der Waals surface area (Å²) < 4.78 is 0. The summed E-state index contributed by atoms with van der Waals surface area (Å²) in [5, 5.41) is 0. The third-order valence-electron chi connectivity index (χ3n) is 0.579. The van der Waals surface area contributed by atoms with Crippen LogP contribution in [-0.2, 0) is 0 Å². The topological polar surface area (TPSA) is 0 Å². The van der Waals surface area contributed by atoms with Crippen molar-refractivity contribution in [2.24, 2.45) is 0 Å². The Balaban J connectivity index is 2.65. The molecule has 2 radical (unpaired) electrons. The van der Waals surface area contributed by atoms with Gasteiger partial charge in [0.15, 0.2) is 0 Å². The van der Waals surface area contributed by atoms with Gasteiger partial charge in [-0.25, -0.2) is 0 Å². The SMILES string of the molecule is [CH2]CCSSSSCC[CH2]. The van der Waals surface area contributed by atoms with Crippen LogP contribution in [0.5, 0.6) is 0 Å². The minimum absolute atomic E-state index is 1.03.